The minimum atomic E-state index is -0.452. The molecule has 0 bridgehead atoms. The lowest BCUT2D eigenvalue weighted by Gasteiger charge is -2.26. The molecule has 94 valence electrons. The molecule has 0 atom stereocenters. The van der Waals surface area contributed by atoms with Crippen molar-refractivity contribution in [3.05, 3.63) is 33.8 Å². The summed E-state index contributed by atoms with van der Waals surface area (Å²) < 4.78 is 0.820. The fourth-order valence-electron chi connectivity index (χ4n) is 1.79. The number of carbonyl (C=O) groups is 3. The Morgan fingerprint density at radius 3 is 2.50 bits per heavy atom. The van der Waals surface area contributed by atoms with Gasteiger partial charge in [0.05, 0.1) is 0 Å². The maximum Gasteiger partial charge on any atom is 0.255 e. The average molecular weight is 311 g/mol. The van der Waals surface area contributed by atoms with Crippen molar-refractivity contribution in [1.82, 2.24) is 10.2 Å². The van der Waals surface area contributed by atoms with E-state index in [0.29, 0.717) is 5.56 Å². The zero-order valence-electron chi connectivity index (χ0n) is 9.70. The molecule has 0 aliphatic carbocycles. The highest BCUT2D eigenvalue weighted by Crippen LogP contribution is 2.20. The van der Waals surface area contributed by atoms with E-state index < -0.39 is 11.8 Å². The molecule has 3 amide bonds. The molecule has 1 fully saturated rings. The summed E-state index contributed by atoms with van der Waals surface area (Å²) in [7, 11) is 0. The van der Waals surface area contributed by atoms with E-state index in [1.165, 1.54) is 4.90 Å². The second-order valence-electron chi connectivity index (χ2n) is 4.04. The Kier molecular flexibility index (Phi) is 3.47. The van der Waals surface area contributed by atoms with Gasteiger partial charge in [0, 0.05) is 10.0 Å². The average Bonchev–Trinajstić information content (AvgIpc) is 2.30. The fraction of sp³-hybridized carbons (Fsp3) is 0.250. The van der Waals surface area contributed by atoms with Gasteiger partial charge in [0.2, 0.25) is 11.8 Å². The maximum absolute atomic E-state index is 12.2. The first-order chi connectivity index (χ1) is 8.49. The van der Waals surface area contributed by atoms with Crippen LogP contribution in [0.5, 0.6) is 0 Å². The van der Waals surface area contributed by atoms with Crippen molar-refractivity contribution in [1.29, 1.82) is 0 Å². The highest BCUT2D eigenvalue weighted by atomic mass is 79.9. The van der Waals surface area contributed by atoms with Crippen molar-refractivity contribution in [2.75, 3.05) is 13.1 Å². The Hall–Kier alpha value is -1.69. The van der Waals surface area contributed by atoms with Crippen molar-refractivity contribution < 1.29 is 14.4 Å². The van der Waals surface area contributed by atoms with Gasteiger partial charge in [0.1, 0.15) is 13.1 Å². The second-order valence-corrected chi connectivity index (χ2v) is 4.90. The summed E-state index contributed by atoms with van der Waals surface area (Å²) in [6.07, 6.45) is 0. The molecule has 1 aromatic carbocycles. The highest BCUT2D eigenvalue weighted by Gasteiger charge is 2.27. The molecule has 0 saturated carbocycles. The molecule has 1 heterocycles. The van der Waals surface area contributed by atoms with Gasteiger partial charge in [-0.25, -0.2) is 0 Å². The van der Waals surface area contributed by atoms with Gasteiger partial charge in [-0.15, -0.1) is 0 Å². The van der Waals surface area contributed by atoms with E-state index in [9.17, 15) is 14.4 Å². The van der Waals surface area contributed by atoms with Crippen LogP contribution in [0.3, 0.4) is 0 Å². The minimum Gasteiger partial charge on any atom is -0.320 e. The van der Waals surface area contributed by atoms with E-state index in [1.54, 1.807) is 12.1 Å². The fourth-order valence-corrected chi connectivity index (χ4v) is 2.16. The number of piperazine rings is 1. The van der Waals surface area contributed by atoms with E-state index in [2.05, 4.69) is 21.2 Å². The number of amides is 3. The van der Waals surface area contributed by atoms with Crippen LogP contribution in [-0.4, -0.2) is 35.7 Å². The number of nitrogens with one attached hydrogen (secondary N) is 1. The van der Waals surface area contributed by atoms with Gasteiger partial charge in [0.15, 0.2) is 0 Å². The monoisotopic (exact) mass is 310 g/mol. The van der Waals surface area contributed by atoms with Gasteiger partial charge >= 0.3 is 0 Å². The molecule has 5 nitrogen and oxygen atoms in total. The smallest absolute Gasteiger partial charge is 0.255 e. The van der Waals surface area contributed by atoms with Crippen LogP contribution in [-0.2, 0) is 9.59 Å². The largest absolute Gasteiger partial charge is 0.320 e. The normalized spacial score (nSPS) is 15.6. The number of imide groups is 1. The standard InChI is InChI=1S/C12H11BrN2O3/c1-7-8(3-2-4-9(7)13)12(18)15-5-10(16)14-11(17)6-15/h2-4H,5-6H2,1H3,(H,14,16,17). The summed E-state index contributed by atoms with van der Waals surface area (Å²) in [5, 5.41) is 2.16. The third-order valence-corrected chi connectivity index (χ3v) is 3.59. The number of halogens is 1. The molecule has 0 aromatic heterocycles. The quantitative estimate of drug-likeness (QED) is 0.782. The van der Waals surface area contributed by atoms with Crippen LogP contribution in [0.4, 0.5) is 0 Å². The van der Waals surface area contributed by atoms with Crippen LogP contribution < -0.4 is 5.32 Å². The van der Waals surface area contributed by atoms with Gasteiger partial charge in [-0.2, -0.15) is 0 Å². The van der Waals surface area contributed by atoms with Gasteiger partial charge in [-0.1, -0.05) is 22.0 Å². The van der Waals surface area contributed by atoms with Crippen LogP contribution in [0.15, 0.2) is 22.7 Å². The summed E-state index contributed by atoms with van der Waals surface area (Å²) in [4.78, 5) is 36.0. The number of hydrogen-bond donors (Lipinski definition) is 1. The van der Waals surface area contributed by atoms with Crippen molar-refractivity contribution >= 4 is 33.7 Å². The third kappa shape index (κ3) is 2.43. The molecule has 6 heteroatoms. The number of hydrogen-bond acceptors (Lipinski definition) is 3. The van der Waals surface area contributed by atoms with Crippen molar-refractivity contribution in [2.24, 2.45) is 0 Å². The van der Waals surface area contributed by atoms with Crippen LogP contribution in [0, 0.1) is 6.92 Å². The molecule has 0 spiro atoms. The molecule has 18 heavy (non-hydrogen) atoms. The van der Waals surface area contributed by atoms with E-state index in [-0.39, 0.29) is 19.0 Å². The number of rotatable bonds is 1. The Morgan fingerprint density at radius 2 is 1.89 bits per heavy atom. The molecule has 1 saturated heterocycles. The number of nitrogens with zero attached hydrogens (tertiary/aromatic N) is 1. The van der Waals surface area contributed by atoms with Crippen LogP contribution in [0.2, 0.25) is 0 Å². The van der Waals surface area contributed by atoms with Gasteiger partial charge in [-0.3, -0.25) is 19.7 Å². The zero-order chi connectivity index (χ0) is 13.3. The summed E-state index contributed by atoms with van der Waals surface area (Å²) in [5.74, 6) is -1.21. The van der Waals surface area contributed by atoms with Gasteiger partial charge in [0.25, 0.3) is 5.91 Å². The minimum absolute atomic E-state index is 0.0868. The predicted molar refractivity (Wildman–Crippen MR) is 67.9 cm³/mol. The third-order valence-electron chi connectivity index (χ3n) is 2.73. The lowest BCUT2D eigenvalue weighted by Crippen LogP contribution is -2.53. The van der Waals surface area contributed by atoms with Crippen LogP contribution in [0.1, 0.15) is 15.9 Å². The Bertz CT molecular complexity index is 526. The first-order valence-corrected chi connectivity index (χ1v) is 6.15. The molecule has 1 aliphatic heterocycles. The number of benzene rings is 1. The molecule has 1 aliphatic rings. The molecular weight excluding hydrogens is 300 g/mol. The van der Waals surface area contributed by atoms with Crippen molar-refractivity contribution in [2.45, 2.75) is 6.92 Å². The second kappa shape index (κ2) is 4.89. The SMILES string of the molecule is Cc1c(Br)cccc1C(=O)N1CC(=O)NC(=O)C1. The molecule has 0 radical (unpaired) electrons. The summed E-state index contributed by atoms with van der Waals surface area (Å²) in [6.45, 7) is 1.64. The number of carbonyl (C=O) groups excluding carboxylic acids is 3. The molecule has 1 N–H and O–H groups in total. The van der Waals surface area contributed by atoms with E-state index in [1.807, 2.05) is 13.0 Å². The Morgan fingerprint density at radius 1 is 1.28 bits per heavy atom. The molecular formula is C12H11BrN2O3. The lowest BCUT2D eigenvalue weighted by atomic mass is 10.1. The van der Waals surface area contributed by atoms with Crippen molar-refractivity contribution in [3.8, 4) is 0 Å². The highest BCUT2D eigenvalue weighted by molar-refractivity contribution is 9.10. The summed E-state index contributed by atoms with van der Waals surface area (Å²) in [6, 6.07) is 5.26. The predicted octanol–water partition coefficient (Wildman–Crippen LogP) is 0.856. The Labute approximate surface area is 112 Å². The maximum atomic E-state index is 12.2. The first kappa shape index (κ1) is 12.8. The zero-order valence-corrected chi connectivity index (χ0v) is 11.3. The summed E-state index contributed by atoms with van der Waals surface area (Å²) in [5.41, 5.74) is 1.29. The van der Waals surface area contributed by atoms with Crippen molar-refractivity contribution in [3.63, 3.8) is 0 Å². The summed E-state index contributed by atoms with van der Waals surface area (Å²) >= 11 is 3.35. The topological polar surface area (TPSA) is 66.5 Å². The van der Waals surface area contributed by atoms with Gasteiger partial charge < -0.3 is 4.90 Å². The van der Waals surface area contributed by atoms with E-state index >= 15 is 0 Å². The van der Waals surface area contributed by atoms with E-state index in [0.717, 1.165) is 10.0 Å². The Balaban J connectivity index is 2.28. The van der Waals surface area contributed by atoms with Crippen LogP contribution in [0.25, 0.3) is 0 Å². The molecule has 1 aromatic rings. The van der Waals surface area contributed by atoms with Gasteiger partial charge in [-0.05, 0) is 24.6 Å². The van der Waals surface area contributed by atoms with Crippen LogP contribution >= 0.6 is 15.9 Å². The molecule has 0 unspecified atom stereocenters. The first-order valence-electron chi connectivity index (χ1n) is 5.36. The lowest BCUT2D eigenvalue weighted by molar-refractivity contribution is -0.135. The van der Waals surface area contributed by atoms with E-state index in [4.69, 9.17) is 0 Å². The molecule has 2 rings (SSSR count).